The highest BCUT2D eigenvalue weighted by atomic mass is 16.5. The van der Waals surface area contributed by atoms with Gasteiger partial charge in [-0.25, -0.2) is 0 Å². The van der Waals surface area contributed by atoms with E-state index in [0.717, 1.165) is 31.7 Å². The minimum Gasteiger partial charge on any atom is -0.496 e. The minimum atomic E-state index is -0.0561. The third kappa shape index (κ3) is 3.10. The summed E-state index contributed by atoms with van der Waals surface area (Å²) in [6.07, 6.45) is 1.23. The van der Waals surface area contributed by atoms with Crippen LogP contribution in [-0.2, 0) is 4.74 Å². The largest absolute Gasteiger partial charge is 0.496 e. The van der Waals surface area contributed by atoms with Gasteiger partial charge in [0.2, 0.25) is 0 Å². The topological polar surface area (TPSA) is 50.8 Å². The molecule has 1 N–H and O–H groups in total. The Labute approximate surface area is 131 Å². The maximum absolute atomic E-state index is 12.6. The number of ether oxygens (including phenoxy) is 2. The van der Waals surface area contributed by atoms with Crippen molar-refractivity contribution in [2.45, 2.75) is 38.5 Å². The first-order valence-electron chi connectivity index (χ1n) is 7.88. The molecule has 0 saturated carbocycles. The van der Waals surface area contributed by atoms with E-state index in [2.05, 4.69) is 17.1 Å². The summed E-state index contributed by atoms with van der Waals surface area (Å²) in [7, 11) is 1.59. The van der Waals surface area contributed by atoms with Crippen molar-refractivity contribution in [2.24, 2.45) is 0 Å². The van der Waals surface area contributed by atoms with Crippen LogP contribution in [0.5, 0.6) is 5.75 Å². The Balaban J connectivity index is 1.67. The molecule has 0 aliphatic carbocycles. The monoisotopic (exact) mass is 304 g/mol. The lowest BCUT2D eigenvalue weighted by molar-refractivity contribution is -0.0390. The summed E-state index contributed by atoms with van der Waals surface area (Å²) in [5.74, 6) is 0.565. The molecule has 5 nitrogen and oxygen atoms in total. The van der Waals surface area contributed by atoms with Gasteiger partial charge >= 0.3 is 0 Å². The molecule has 3 atom stereocenters. The molecule has 0 aromatic heterocycles. The van der Waals surface area contributed by atoms with Crippen molar-refractivity contribution < 1.29 is 14.3 Å². The van der Waals surface area contributed by atoms with E-state index in [1.807, 2.05) is 25.1 Å². The Kier molecular flexibility index (Phi) is 4.36. The highest BCUT2D eigenvalue weighted by molar-refractivity contribution is 5.97. The number of nitrogens with one attached hydrogen (secondary N) is 1. The quantitative estimate of drug-likeness (QED) is 0.921. The van der Waals surface area contributed by atoms with E-state index in [1.165, 1.54) is 0 Å². The number of fused-ring (bicyclic) bond motifs is 1. The molecule has 5 heteroatoms. The van der Waals surface area contributed by atoms with E-state index in [4.69, 9.17) is 9.47 Å². The van der Waals surface area contributed by atoms with Gasteiger partial charge in [-0.15, -0.1) is 0 Å². The van der Waals surface area contributed by atoms with Gasteiger partial charge in [-0.3, -0.25) is 9.69 Å². The molecule has 0 spiro atoms. The third-order valence-electron chi connectivity index (χ3n) is 4.53. The van der Waals surface area contributed by atoms with E-state index in [1.54, 1.807) is 7.11 Å². The minimum absolute atomic E-state index is 0.0561. The van der Waals surface area contributed by atoms with Gasteiger partial charge in [0.15, 0.2) is 0 Å². The first-order chi connectivity index (χ1) is 10.6. The smallest absolute Gasteiger partial charge is 0.255 e. The van der Waals surface area contributed by atoms with Gasteiger partial charge in [-0.05, 0) is 32.4 Å². The summed E-state index contributed by atoms with van der Waals surface area (Å²) >= 11 is 0. The number of morpholine rings is 1. The fourth-order valence-corrected chi connectivity index (χ4v) is 3.41. The third-order valence-corrected chi connectivity index (χ3v) is 4.53. The number of aryl methyl sites for hydroxylation is 1. The first-order valence-corrected chi connectivity index (χ1v) is 7.88. The summed E-state index contributed by atoms with van der Waals surface area (Å²) in [6, 6.07) is 6.28. The lowest BCUT2D eigenvalue weighted by atomic mass is 10.1. The van der Waals surface area contributed by atoms with Crippen LogP contribution in [0.4, 0.5) is 0 Å². The van der Waals surface area contributed by atoms with Crippen LogP contribution >= 0.6 is 0 Å². The summed E-state index contributed by atoms with van der Waals surface area (Å²) in [5, 5.41) is 3.15. The number of benzene rings is 1. The van der Waals surface area contributed by atoms with Gasteiger partial charge in [0.05, 0.1) is 25.4 Å². The van der Waals surface area contributed by atoms with Crippen LogP contribution in [0.1, 0.15) is 29.3 Å². The van der Waals surface area contributed by atoms with E-state index >= 15 is 0 Å². The van der Waals surface area contributed by atoms with E-state index < -0.39 is 0 Å². The van der Waals surface area contributed by atoms with Gasteiger partial charge < -0.3 is 14.8 Å². The maximum Gasteiger partial charge on any atom is 0.255 e. The molecule has 0 bridgehead atoms. The Morgan fingerprint density at radius 1 is 1.41 bits per heavy atom. The zero-order chi connectivity index (χ0) is 15.7. The van der Waals surface area contributed by atoms with Gasteiger partial charge in [-0.2, -0.15) is 0 Å². The molecule has 2 aliphatic heterocycles. The van der Waals surface area contributed by atoms with Gasteiger partial charge in [0.1, 0.15) is 5.75 Å². The highest BCUT2D eigenvalue weighted by Gasteiger charge is 2.37. The average molecular weight is 304 g/mol. The molecule has 1 aromatic carbocycles. The lowest BCUT2D eigenvalue weighted by Crippen LogP contribution is -2.45. The SMILES string of the molecule is COc1ccc(C)cc1C(=O)N[C@@H]1C[C@H]2CO[C@H](C)CN2C1. The predicted molar refractivity (Wildman–Crippen MR) is 84.4 cm³/mol. The highest BCUT2D eigenvalue weighted by Crippen LogP contribution is 2.24. The van der Waals surface area contributed by atoms with E-state index in [0.29, 0.717) is 17.4 Å². The van der Waals surface area contributed by atoms with Crippen LogP contribution in [0.3, 0.4) is 0 Å². The summed E-state index contributed by atoms with van der Waals surface area (Å²) < 4.78 is 11.0. The summed E-state index contributed by atoms with van der Waals surface area (Å²) in [4.78, 5) is 15.0. The van der Waals surface area contributed by atoms with Crippen molar-refractivity contribution in [1.29, 1.82) is 0 Å². The molecular weight excluding hydrogens is 280 g/mol. The first kappa shape index (κ1) is 15.3. The van der Waals surface area contributed by atoms with Crippen molar-refractivity contribution in [3.05, 3.63) is 29.3 Å². The van der Waals surface area contributed by atoms with Crippen LogP contribution in [0, 0.1) is 6.92 Å². The molecule has 2 fully saturated rings. The molecule has 2 aliphatic rings. The Bertz CT molecular complexity index is 561. The van der Waals surface area contributed by atoms with Crippen LogP contribution in [0.2, 0.25) is 0 Å². The number of hydrogen-bond donors (Lipinski definition) is 1. The molecule has 22 heavy (non-hydrogen) atoms. The van der Waals surface area contributed by atoms with Crippen molar-refractivity contribution in [3.8, 4) is 5.75 Å². The lowest BCUT2D eigenvalue weighted by Gasteiger charge is -2.33. The van der Waals surface area contributed by atoms with Crippen molar-refractivity contribution in [2.75, 3.05) is 26.8 Å². The van der Waals surface area contributed by atoms with Crippen molar-refractivity contribution in [1.82, 2.24) is 10.2 Å². The molecule has 1 aromatic rings. The number of methoxy groups -OCH3 is 1. The fourth-order valence-electron chi connectivity index (χ4n) is 3.41. The summed E-state index contributed by atoms with van der Waals surface area (Å²) in [6.45, 7) is 6.69. The number of hydrogen-bond acceptors (Lipinski definition) is 4. The number of rotatable bonds is 3. The Morgan fingerprint density at radius 3 is 3.00 bits per heavy atom. The number of amides is 1. The van der Waals surface area contributed by atoms with Crippen LogP contribution in [0.25, 0.3) is 0 Å². The van der Waals surface area contributed by atoms with Gasteiger partial charge in [-0.1, -0.05) is 11.6 Å². The molecule has 120 valence electrons. The molecular formula is C17H24N2O3. The maximum atomic E-state index is 12.6. The van der Waals surface area contributed by atoms with E-state index in [-0.39, 0.29) is 18.1 Å². The molecule has 0 radical (unpaired) electrons. The summed E-state index contributed by atoms with van der Waals surface area (Å²) in [5.41, 5.74) is 1.66. The van der Waals surface area contributed by atoms with Crippen LogP contribution in [-0.4, -0.2) is 55.8 Å². The fraction of sp³-hybridized carbons (Fsp3) is 0.588. The van der Waals surface area contributed by atoms with E-state index in [9.17, 15) is 4.79 Å². The molecule has 2 saturated heterocycles. The standard InChI is InChI=1S/C17H24N2O3/c1-11-4-5-16(21-3)15(6-11)17(20)18-13-7-14-10-22-12(2)8-19(14)9-13/h4-6,12-14H,7-10H2,1-3H3,(H,18,20)/t12-,13-,14+/m1/s1. The zero-order valence-corrected chi connectivity index (χ0v) is 13.5. The van der Waals surface area contributed by atoms with Gasteiger partial charge in [0, 0.05) is 25.2 Å². The van der Waals surface area contributed by atoms with Gasteiger partial charge in [0.25, 0.3) is 5.91 Å². The Hall–Kier alpha value is -1.59. The Morgan fingerprint density at radius 2 is 2.23 bits per heavy atom. The number of carbonyl (C=O) groups is 1. The second-order valence-corrected chi connectivity index (χ2v) is 6.36. The van der Waals surface area contributed by atoms with Crippen LogP contribution in [0.15, 0.2) is 18.2 Å². The second-order valence-electron chi connectivity index (χ2n) is 6.36. The molecule has 1 amide bonds. The normalized spacial score (nSPS) is 28.2. The molecule has 3 rings (SSSR count). The second kappa shape index (κ2) is 6.26. The number of nitrogens with zero attached hydrogens (tertiary/aromatic N) is 1. The van der Waals surface area contributed by atoms with Crippen LogP contribution < -0.4 is 10.1 Å². The van der Waals surface area contributed by atoms with Crippen molar-refractivity contribution >= 4 is 5.91 Å². The zero-order valence-electron chi connectivity index (χ0n) is 13.5. The average Bonchev–Trinajstić information content (AvgIpc) is 2.88. The molecule has 2 heterocycles. The van der Waals surface area contributed by atoms with Crippen molar-refractivity contribution in [3.63, 3.8) is 0 Å². The number of carbonyl (C=O) groups excluding carboxylic acids is 1. The molecule has 0 unspecified atom stereocenters. The predicted octanol–water partition coefficient (Wildman–Crippen LogP) is 1.60.